The molecule has 0 spiro atoms. The molecule has 0 unspecified atom stereocenters. The Morgan fingerprint density at radius 3 is 2.92 bits per heavy atom. The molecule has 0 aliphatic heterocycles. The van der Waals surface area contributed by atoms with Crippen molar-refractivity contribution in [3.05, 3.63) is 18.3 Å². The molecule has 0 aliphatic rings. The van der Waals surface area contributed by atoms with Gasteiger partial charge in [-0.1, -0.05) is 13.8 Å². The summed E-state index contributed by atoms with van der Waals surface area (Å²) in [5, 5.41) is 0. The molecule has 66 valence electrons. The molecule has 0 aromatic carbocycles. The van der Waals surface area contributed by atoms with Gasteiger partial charge in [-0.25, -0.2) is 4.98 Å². The minimum atomic E-state index is 0.508. The Morgan fingerprint density at radius 1 is 1.58 bits per heavy atom. The van der Waals surface area contributed by atoms with Crippen LogP contribution in [0.2, 0.25) is 0 Å². The standard InChI is InChI=1S/C9H14N2O/c1-7(2)6-12-9-5-8(10)3-4-11-9/h3-5,7H,6H2,1-2H3,(H2,10,11). The van der Waals surface area contributed by atoms with Gasteiger partial charge in [0.2, 0.25) is 5.88 Å². The van der Waals surface area contributed by atoms with Crippen LogP contribution in [0.15, 0.2) is 18.3 Å². The minimum Gasteiger partial charge on any atom is -0.477 e. The number of nitrogens with two attached hydrogens (primary N) is 1. The Bertz CT molecular complexity index is 248. The largest absolute Gasteiger partial charge is 0.477 e. The quantitative estimate of drug-likeness (QED) is 0.743. The van der Waals surface area contributed by atoms with Crippen LogP contribution < -0.4 is 10.5 Å². The zero-order valence-corrected chi connectivity index (χ0v) is 7.45. The SMILES string of the molecule is CC(C)COc1cc(N)ccn1. The maximum absolute atomic E-state index is 5.54. The van der Waals surface area contributed by atoms with Gasteiger partial charge in [0.1, 0.15) is 0 Å². The van der Waals surface area contributed by atoms with E-state index in [0.717, 1.165) is 0 Å². The van der Waals surface area contributed by atoms with Gasteiger partial charge in [0.15, 0.2) is 0 Å². The summed E-state index contributed by atoms with van der Waals surface area (Å²) in [6.07, 6.45) is 1.64. The molecule has 0 aliphatic carbocycles. The molecule has 0 amide bonds. The predicted octanol–water partition coefficient (Wildman–Crippen LogP) is 1.70. The van der Waals surface area contributed by atoms with Crippen LogP contribution in [0.5, 0.6) is 5.88 Å². The number of aromatic nitrogens is 1. The molecule has 0 radical (unpaired) electrons. The van der Waals surface area contributed by atoms with E-state index in [4.69, 9.17) is 10.5 Å². The Kier molecular flexibility index (Phi) is 2.91. The predicted molar refractivity (Wildman–Crippen MR) is 49.0 cm³/mol. The molecular weight excluding hydrogens is 152 g/mol. The second-order valence-electron chi connectivity index (χ2n) is 3.13. The molecule has 0 atom stereocenters. The first-order valence-corrected chi connectivity index (χ1v) is 4.03. The summed E-state index contributed by atoms with van der Waals surface area (Å²) < 4.78 is 5.36. The lowest BCUT2D eigenvalue weighted by Crippen LogP contribution is -2.05. The number of hydrogen-bond acceptors (Lipinski definition) is 3. The fraction of sp³-hybridized carbons (Fsp3) is 0.444. The van der Waals surface area contributed by atoms with E-state index in [2.05, 4.69) is 18.8 Å². The van der Waals surface area contributed by atoms with Crippen LogP contribution in [0, 0.1) is 5.92 Å². The first-order valence-electron chi connectivity index (χ1n) is 4.03. The molecule has 3 heteroatoms. The maximum atomic E-state index is 5.54. The number of anilines is 1. The number of ether oxygens (including phenoxy) is 1. The number of nitrogen functional groups attached to an aromatic ring is 1. The summed E-state index contributed by atoms with van der Waals surface area (Å²) in [5.74, 6) is 1.11. The summed E-state index contributed by atoms with van der Waals surface area (Å²) in [6, 6.07) is 3.46. The van der Waals surface area contributed by atoms with Crippen molar-refractivity contribution in [3.8, 4) is 5.88 Å². The average Bonchev–Trinajstić information content (AvgIpc) is 2.01. The van der Waals surface area contributed by atoms with Gasteiger partial charge in [-0.2, -0.15) is 0 Å². The lowest BCUT2D eigenvalue weighted by molar-refractivity contribution is 0.261. The van der Waals surface area contributed by atoms with Crippen LogP contribution >= 0.6 is 0 Å². The minimum absolute atomic E-state index is 0.508. The zero-order chi connectivity index (χ0) is 8.97. The summed E-state index contributed by atoms with van der Waals surface area (Å²) in [4.78, 5) is 4.01. The highest BCUT2D eigenvalue weighted by Gasteiger charge is 1.97. The van der Waals surface area contributed by atoms with Gasteiger partial charge in [-0.3, -0.25) is 0 Å². The number of rotatable bonds is 3. The van der Waals surface area contributed by atoms with Crippen LogP contribution in [-0.4, -0.2) is 11.6 Å². The fourth-order valence-corrected chi connectivity index (χ4v) is 0.756. The number of nitrogens with zero attached hydrogens (tertiary/aromatic N) is 1. The summed E-state index contributed by atoms with van der Waals surface area (Å²) >= 11 is 0. The third-order valence-electron chi connectivity index (χ3n) is 1.32. The molecule has 0 saturated carbocycles. The van der Waals surface area contributed by atoms with Crippen molar-refractivity contribution in [1.29, 1.82) is 0 Å². The highest BCUT2D eigenvalue weighted by atomic mass is 16.5. The molecule has 2 N–H and O–H groups in total. The van der Waals surface area contributed by atoms with Crippen LogP contribution in [0.4, 0.5) is 5.69 Å². The Labute approximate surface area is 72.6 Å². The van der Waals surface area contributed by atoms with Crippen molar-refractivity contribution in [2.45, 2.75) is 13.8 Å². The van der Waals surface area contributed by atoms with Gasteiger partial charge >= 0.3 is 0 Å². The van der Waals surface area contributed by atoms with Gasteiger partial charge in [0.05, 0.1) is 6.61 Å². The van der Waals surface area contributed by atoms with Crippen LogP contribution in [-0.2, 0) is 0 Å². The smallest absolute Gasteiger partial charge is 0.215 e. The lowest BCUT2D eigenvalue weighted by atomic mass is 10.2. The van der Waals surface area contributed by atoms with Gasteiger partial charge < -0.3 is 10.5 Å². The van der Waals surface area contributed by atoms with Crippen LogP contribution in [0.25, 0.3) is 0 Å². The highest BCUT2D eigenvalue weighted by Crippen LogP contribution is 2.10. The third-order valence-corrected chi connectivity index (χ3v) is 1.32. The van der Waals surface area contributed by atoms with Crippen molar-refractivity contribution in [3.63, 3.8) is 0 Å². The monoisotopic (exact) mass is 166 g/mol. The van der Waals surface area contributed by atoms with Crippen LogP contribution in [0.3, 0.4) is 0 Å². The number of pyridine rings is 1. The molecule has 1 aromatic heterocycles. The van der Waals surface area contributed by atoms with E-state index in [1.807, 2.05) is 0 Å². The second kappa shape index (κ2) is 3.95. The third kappa shape index (κ3) is 2.78. The van der Waals surface area contributed by atoms with Gasteiger partial charge in [-0.05, 0) is 12.0 Å². The molecule has 1 rings (SSSR count). The van der Waals surface area contributed by atoms with E-state index < -0.39 is 0 Å². The number of hydrogen-bond donors (Lipinski definition) is 1. The molecule has 0 fully saturated rings. The molecule has 0 bridgehead atoms. The Balaban J connectivity index is 2.52. The van der Waals surface area contributed by atoms with E-state index in [1.165, 1.54) is 0 Å². The van der Waals surface area contributed by atoms with Crippen molar-refractivity contribution >= 4 is 5.69 Å². The van der Waals surface area contributed by atoms with Gasteiger partial charge in [0.25, 0.3) is 0 Å². The maximum Gasteiger partial charge on any atom is 0.215 e. The van der Waals surface area contributed by atoms with E-state index in [0.29, 0.717) is 24.1 Å². The molecule has 12 heavy (non-hydrogen) atoms. The second-order valence-corrected chi connectivity index (χ2v) is 3.13. The lowest BCUT2D eigenvalue weighted by Gasteiger charge is -2.07. The normalized spacial score (nSPS) is 10.2. The van der Waals surface area contributed by atoms with Crippen LogP contribution in [0.1, 0.15) is 13.8 Å². The van der Waals surface area contributed by atoms with Crippen molar-refractivity contribution in [2.75, 3.05) is 12.3 Å². The summed E-state index contributed by atoms with van der Waals surface area (Å²) in [6.45, 7) is 4.86. The molecular formula is C9H14N2O. The van der Waals surface area contributed by atoms with E-state index in [9.17, 15) is 0 Å². The fourth-order valence-electron chi connectivity index (χ4n) is 0.756. The Morgan fingerprint density at radius 2 is 2.33 bits per heavy atom. The average molecular weight is 166 g/mol. The summed E-state index contributed by atoms with van der Waals surface area (Å²) in [7, 11) is 0. The molecule has 0 saturated heterocycles. The van der Waals surface area contributed by atoms with E-state index in [-0.39, 0.29) is 0 Å². The Hall–Kier alpha value is -1.25. The van der Waals surface area contributed by atoms with Gasteiger partial charge in [0, 0.05) is 18.0 Å². The molecule has 1 aromatic rings. The molecule has 3 nitrogen and oxygen atoms in total. The highest BCUT2D eigenvalue weighted by molar-refractivity contribution is 5.39. The topological polar surface area (TPSA) is 48.1 Å². The van der Waals surface area contributed by atoms with Gasteiger partial charge in [-0.15, -0.1) is 0 Å². The van der Waals surface area contributed by atoms with Crippen molar-refractivity contribution in [1.82, 2.24) is 4.98 Å². The van der Waals surface area contributed by atoms with E-state index in [1.54, 1.807) is 18.3 Å². The van der Waals surface area contributed by atoms with E-state index >= 15 is 0 Å². The van der Waals surface area contributed by atoms with Crippen molar-refractivity contribution in [2.24, 2.45) is 5.92 Å². The first-order chi connectivity index (χ1) is 5.68. The molecule has 1 heterocycles. The first kappa shape index (κ1) is 8.84. The zero-order valence-electron chi connectivity index (χ0n) is 7.45. The summed E-state index contributed by atoms with van der Waals surface area (Å²) in [5.41, 5.74) is 6.23. The van der Waals surface area contributed by atoms with Crippen molar-refractivity contribution < 1.29 is 4.74 Å².